The Morgan fingerprint density at radius 1 is 1.32 bits per heavy atom. The second kappa shape index (κ2) is 6.68. The Balaban J connectivity index is 2.06. The molecule has 19 heavy (non-hydrogen) atoms. The first-order valence-corrected chi connectivity index (χ1v) is 6.96. The highest BCUT2D eigenvalue weighted by molar-refractivity contribution is 9.10. The number of halogens is 1. The number of rotatable bonds is 5. The Bertz CT molecular complexity index is 558. The van der Waals surface area contributed by atoms with Crippen LogP contribution in [0.5, 0.6) is 5.75 Å². The number of aromatic nitrogens is 1. The zero-order valence-corrected chi connectivity index (χ0v) is 12.7. The second-order valence-corrected chi connectivity index (χ2v) is 5.21. The maximum absolute atomic E-state index is 5.81. The Kier molecular flexibility index (Phi) is 4.93. The molecule has 0 saturated heterocycles. The molecule has 2 aromatic rings. The van der Waals surface area contributed by atoms with Gasteiger partial charge in [-0.15, -0.1) is 0 Å². The number of nitrogens with zero attached hydrogens (tertiary/aromatic N) is 1. The fourth-order valence-corrected chi connectivity index (χ4v) is 2.33. The van der Waals surface area contributed by atoms with Crippen LogP contribution in [-0.4, -0.2) is 12.0 Å². The van der Waals surface area contributed by atoms with Crippen LogP contribution >= 0.6 is 15.9 Å². The molecule has 1 N–H and O–H groups in total. The van der Waals surface area contributed by atoms with Gasteiger partial charge in [0, 0.05) is 12.7 Å². The van der Waals surface area contributed by atoms with E-state index >= 15 is 0 Å². The lowest BCUT2D eigenvalue weighted by molar-refractivity contribution is 0.298. The van der Waals surface area contributed by atoms with Crippen LogP contribution in [0.4, 0.5) is 0 Å². The van der Waals surface area contributed by atoms with Gasteiger partial charge in [-0.1, -0.05) is 12.1 Å². The Morgan fingerprint density at radius 2 is 2.16 bits per heavy atom. The van der Waals surface area contributed by atoms with E-state index < -0.39 is 0 Å². The van der Waals surface area contributed by atoms with E-state index in [2.05, 4.69) is 38.4 Å². The summed E-state index contributed by atoms with van der Waals surface area (Å²) in [6.07, 6.45) is 1.79. The average Bonchev–Trinajstić information content (AvgIpc) is 2.40. The van der Waals surface area contributed by atoms with Crippen LogP contribution in [0.3, 0.4) is 0 Å². The molecule has 0 fully saturated rings. The minimum atomic E-state index is 0.483. The summed E-state index contributed by atoms with van der Waals surface area (Å²) in [6.45, 7) is 3.37. The van der Waals surface area contributed by atoms with Gasteiger partial charge in [-0.05, 0) is 59.2 Å². The van der Waals surface area contributed by atoms with Gasteiger partial charge in [0.15, 0.2) is 0 Å². The fourth-order valence-electron chi connectivity index (χ4n) is 1.79. The third-order valence-corrected chi connectivity index (χ3v) is 3.48. The van der Waals surface area contributed by atoms with Crippen LogP contribution in [0.25, 0.3) is 0 Å². The van der Waals surface area contributed by atoms with Gasteiger partial charge in [0.2, 0.25) is 0 Å². The molecule has 0 bridgehead atoms. The Labute approximate surface area is 122 Å². The molecular formula is C15H17BrN2O. The molecule has 0 radical (unpaired) electrons. The smallest absolute Gasteiger partial charge is 0.134 e. The van der Waals surface area contributed by atoms with Crippen LogP contribution in [0, 0.1) is 6.92 Å². The molecule has 0 unspecified atom stereocenters. The van der Waals surface area contributed by atoms with Crippen molar-refractivity contribution in [2.45, 2.75) is 20.1 Å². The number of benzene rings is 1. The number of hydrogen-bond donors (Lipinski definition) is 1. The highest BCUT2D eigenvalue weighted by atomic mass is 79.9. The van der Waals surface area contributed by atoms with Crippen molar-refractivity contribution in [2.75, 3.05) is 7.05 Å². The largest absolute Gasteiger partial charge is 0.486 e. The molecule has 0 spiro atoms. The maximum Gasteiger partial charge on any atom is 0.134 e. The number of pyridine rings is 1. The minimum Gasteiger partial charge on any atom is -0.486 e. The van der Waals surface area contributed by atoms with Gasteiger partial charge in [0.1, 0.15) is 12.4 Å². The van der Waals surface area contributed by atoms with Crippen LogP contribution in [0.2, 0.25) is 0 Å². The SMILES string of the molecule is CNCc1ccc(OCc2ncccc2C)c(Br)c1. The molecule has 1 heterocycles. The summed E-state index contributed by atoms with van der Waals surface area (Å²) in [5.74, 6) is 0.838. The number of aryl methyl sites for hydroxylation is 1. The molecule has 0 aliphatic heterocycles. The highest BCUT2D eigenvalue weighted by Crippen LogP contribution is 2.26. The van der Waals surface area contributed by atoms with Crippen molar-refractivity contribution in [3.63, 3.8) is 0 Å². The van der Waals surface area contributed by atoms with E-state index in [0.29, 0.717) is 6.61 Å². The van der Waals surface area contributed by atoms with E-state index in [9.17, 15) is 0 Å². The van der Waals surface area contributed by atoms with Crippen molar-refractivity contribution in [3.8, 4) is 5.75 Å². The second-order valence-electron chi connectivity index (χ2n) is 4.35. The molecule has 0 saturated carbocycles. The first kappa shape index (κ1) is 14.0. The zero-order valence-electron chi connectivity index (χ0n) is 11.1. The van der Waals surface area contributed by atoms with E-state index in [1.54, 1.807) is 6.20 Å². The number of ether oxygens (including phenoxy) is 1. The maximum atomic E-state index is 5.81. The van der Waals surface area contributed by atoms with Gasteiger partial charge < -0.3 is 10.1 Å². The number of hydrogen-bond acceptors (Lipinski definition) is 3. The average molecular weight is 321 g/mol. The van der Waals surface area contributed by atoms with Crippen LogP contribution in [0.1, 0.15) is 16.8 Å². The van der Waals surface area contributed by atoms with Gasteiger partial charge in [-0.3, -0.25) is 4.98 Å². The summed E-state index contributed by atoms with van der Waals surface area (Å²) in [5.41, 5.74) is 3.33. The van der Waals surface area contributed by atoms with Gasteiger partial charge >= 0.3 is 0 Å². The van der Waals surface area contributed by atoms with Crippen molar-refractivity contribution in [3.05, 3.63) is 57.8 Å². The third-order valence-electron chi connectivity index (χ3n) is 2.86. The summed E-state index contributed by atoms with van der Waals surface area (Å²) in [5, 5.41) is 3.12. The van der Waals surface area contributed by atoms with Gasteiger partial charge in [0.25, 0.3) is 0 Å². The van der Waals surface area contributed by atoms with Gasteiger partial charge in [0.05, 0.1) is 10.2 Å². The molecule has 0 aliphatic rings. The zero-order chi connectivity index (χ0) is 13.7. The van der Waals surface area contributed by atoms with Crippen molar-refractivity contribution in [1.29, 1.82) is 0 Å². The Morgan fingerprint density at radius 3 is 2.84 bits per heavy atom. The first-order chi connectivity index (χ1) is 9.20. The lowest BCUT2D eigenvalue weighted by Crippen LogP contribution is -2.05. The molecule has 100 valence electrons. The molecule has 3 nitrogen and oxygen atoms in total. The van der Waals surface area contributed by atoms with E-state index in [-0.39, 0.29) is 0 Å². The predicted octanol–water partition coefficient (Wildman–Crippen LogP) is 3.45. The third kappa shape index (κ3) is 3.78. The van der Waals surface area contributed by atoms with Crippen LogP contribution in [0.15, 0.2) is 41.0 Å². The van der Waals surface area contributed by atoms with E-state index in [1.807, 2.05) is 32.2 Å². The van der Waals surface area contributed by atoms with Crippen LogP contribution < -0.4 is 10.1 Å². The minimum absolute atomic E-state index is 0.483. The first-order valence-electron chi connectivity index (χ1n) is 6.17. The number of nitrogens with one attached hydrogen (secondary N) is 1. The van der Waals surface area contributed by atoms with E-state index in [0.717, 1.165) is 28.0 Å². The summed E-state index contributed by atoms with van der Waals surface area (Å²) >= 11 is 3.54. The molecular weight excluding hydrogens is 304 g/mol. The van der Waals surface area contributed by atoms with Crippen LogP contribution in [-0.2, 0) is 13.2 Å². The standard InChI is InChI=1S/C15H17BrN2O/c1-11-4-3-7-18-14(11)10-19-15-6-5-12(9-17-2)8-13(15)16/h3-8,17H,9-10H2,1-2H3. The lowest BCUT2D eigenvalue weighted by atomic mass is 10.2. The van der Waals surface area contributed by atoms with E-state index in [4.69, 9.17) is 4.74 Å². The topological polar surface area (TPSA) is 34.1 Å². The Hall–Kier alpha value is -1.39. The molecule has 0 amide bonds. The van der Waals surface area contributed by atoms with Crippen molar-refractivity contribution < 1.29 is 4.74 Å². The normalized spacial score (nSPS) is 10.5. The fraction of sp³-hybridized carbons (Fsp3) is 0.267. The summed E-state index contributed by atoms with van der Waals surface area (Å²) in [7, 11) is 1.93. The van der Waals surface area contributed by atoms with Gasteiger partial charge in [-0.25, -0.2) is 0 Å². The van der Waals surface area contributed by atoms with Crippen molar-refractivity contribution in [1.82, 2.24) is 10.3 Å². The summed E-state index contributed by atoms with van der Waals surface area (Å²) in [6, 6.07) is 10.1. The monoisotopic (exact) mass is 320 g/mol. The van der Waals surface area contributed by atoms with Crippen molar-refractivity contribution >= 4 is 15.9 Å². The molecule has 4 heteroatoms. The van der Waals surface area contributed by atoms with Gasteiger partial charge in [-0.2, -0.15) is 0 Å². The molecule has 2 rings (SSSR count). The molecule has 1 aromatic carbocycles. The highest BCUT2D eigenvalue weighted by Gasteiger charge is 2.05. The quantitative estimate of drug-likeness (QED) is 0.916. The predicted molar refractivity (Wildman–Crippen MR) is 80.2 cm³/mol. The molecule has 0 aliphatic carbocycles. The summed E-state index contributed by atoms with van der Waals surface area (Å²) in [4.78, 5) is 4.32. The summed E-state index contributed by atoms with van der Waals surface area (Å²) < 4.78 is 6.77. The van der Waals surface area contributed by atoms with E-state index in [1.165, 1.54) is 5.56 Å². The molecule has 0 atom stereocenters. The van der Waals surface area contributed by atoms with Crippen molar-refractivity contribution in [2.24, 2.45) is 0 Å². The lowest BCUT2D eigenvalue weighted by Gasteiger charge is -2.10. The molecule has 1 aromatic heterocycles.